The standard InChI is InChI=1S/C28H23F3N4O3S/c1-17(2)27-33-25(34-38-27)24-16-35(26(32-24)22-9-4-5-10-23(22)28(29,30)31)20-13-11-18(12-14-20)19-7-6-8-21(15-19)39(3,36)37/h4-17H,1-3H3. The van der Waals surface area contributed by atoms with Gasteiger partial charge in [0.25, 0.3) is 0 Å². The van der Waals surface area contributed by atoms with E-state index in [1.165, 1.54) is 24.3 Å². The Balaban J connectivity index is 1.63. The summed E-state index contributed by atoms with van der Waals surface area (Å²) in [6.07, 6.45) is -1.89. The average molecular weight is 553 g/mol. The Labute approximate surface area is 222 Å². The van der Waals surface area contributed by atoms with Crippen LogP contribution in [0, 0.1) is 0 Å². The maximum absolute atomic E-state index is 13.9. The van der Waals surface area contributed by atoms with Crippen molar-refractivity contribution in [1.29, 1.82) is 0 Å². The molecule has 0 fully saturated rings. The molecule has 0 N–H and O–H groups in total. The fourth-order valence-electron chi connectivity index (χ4n) is 4.09. The van der Waals surface area contributed by atoms with Crippen molar-refractivity contribution in [3.05, 3.63) is 90.4 Å². The maximum atomic E-state index is 13.9. The highest BCUT2D eigenvalue weighted by atomic mass is 32.2. The first-order valence-electron chi connectivity index (χ1n) is 11.9. The quantitative estimate of drug-likeness (QED) is 0.230. The number of rotatable bonds is 6. The fourth-order valence-corrected chi connectivity index (χ4v) is 4.76. The van der Waals surface area contributed by atoms with Gasteiger partial charge in [0.15, 0.2) is 9.84 Å². The van der Waals surface area contributed by atoms with Crippen LogP contribution in [-0.4, -0.2) is 34.4 Å². The largest absolute Gasteiger partial charge is 0.417 e. The van der Waals surface area contributed by atoms with Crippen LogP contribution in [0.5, 0.6) is 0 Å². The molecular weight excluding hydrogens is 529 g/mol. The van der Waals surface area contributed by atoms with Crippen molar-refractivity contribution in [3.8, 4) is 39.7 Å². The molecule has 0 unspecified atom stereocenters. The molecule has 5 rings (SSSR count). The van der Waals surface area contributed by atoms with Gasteiger partial charge >= 0.3 is 6.18 Å². The van der Waals surface area contributed by atoms with E-state index in [4.69, 9.17) is 4.52 Å². The molecule has 0 aliphatic heterocycles. The lowest BCUT2D eigenvalue weighted by atomic mass is 10.0. The van der Waals surface area contributed by atoms with Crippen LogP contribution in [0.4, 0.5) is 13.2 Å². The zero-order chi connectivity index (χ0) is 27.9. The lowest BCUT2D eigenvalue weighted by molar-refractivity contribution is -0.137. The second-order valence-corrected chi connectivity index (χ2v) is 11.3. The predicted octanol–water partition coefficient (Wildman–Crippen LogP) is 6.80. The van der Waals surface area contributed by atoms with Crippen LogP contribution in [0.15, 0.2) is 88.4 Å². The molecule has 0 radical (unpaired) electrons. The zero-order valence-electron chi connectivity index (χ0n) is 21.1. The van der Waals surface area contributed by atoms with Crippen LogP contribution < -0.4 is 0 Å². The summed E-state index contributed by atoms with van der Waals surface area (Å²) in [4.78, 5) is 9.04. The van der Waals surface area contributed by atoms with E-state index in [1.54, 1.807) is 53.2 Å². The van der Waals surface area contributed by atoms with Gasteiger partial charge in [-0.1, -0.05) is 61.5 Å². The summed E-state index contributed by atoms with van der Waals surface area (Å²) in [6, 6.07) is 18.7. The topological polar surface area (TPSA) is 90.9 Å². The molecule has 0 aliphatic rings. The Bertz CT molecular complexity index is 1760. The molecule has 0 amide bonds. The monoisotopic (exact) mass is 552 g/mol. The second-order valence-electron chi connectivity index (χ2n) is 9.32. The first kappa shape index (κ1) is 26.4. The molecule has 0 spiro atoms. The molecule has 0 atom stereocenters. The summed E-state index contributed by atoms with van der Waals surface area (Å²) < 4.78 is 72.6. The summed E-state index contributed by atoms with van der Waals surface area (Å²) in [5.74, 6) is 0.572. The molecule has 0 saturated heterocycles. The first-order chi connectivity index (χ1) is 18.4. The minimum absolute atomic E-state index is 0.0347. The number of hydrogen-bond acceptors (Lipinski definition) is 6. The molecule has 200 valence electrons. The van der Waals surface area contributed by atoms with E-state index in [2.05, 4.69) is 15.1 Å². The molecule has 3 aromatic carbocycles. The Hall–Kier alpha value is -4.25. The second kappa shape index (κ2) is 9.81. The number of benzene rings is 3. The first-order valence-corrected chi connectivity index (χ1v) is 13.8. The third kappa shape index (κ3) is 5.35. The van der Waals surface area contributed by atoms with Crippen LogP contribution in [0.1, 0.15) is 31.2 Å². The highest BCUT2D eigenvalue weighted by molar-refractivity contribution is 7.90. The van der Waals surface area contributed by atoms with E-state index in [-0.39, 0.29) is 33.7 Å². The summed E-state index contributed by atoms with van der Waals surface area (Å²) in [6.45, 7) is 3.77. The van der Waals surface area contributed by atoms with Crippen molar-refractivity contribution in [1.82, 2.24) is 19.7 Å². The summed E-state index contributed by atoms with van der Waals surface area (Å²) in [5.41, 5.74) is 1.29. The van der Waals surface area contributed by atoms with E-state index >= 15 is 0 Å². The Morgan fingerprint density at radius 2 is 1.62 bits per heavy atom. The number of hydrogen-bond donors (Lipinski definition) is 0. The van der Waals surface area contributed by atoms with Crippen molar-refractivity contribution in [2.45, 2.75) is 30.8 Å². The molecule has 7 nitrogen and oxygen atoms in total. The molecular formula is C28H23F3N4O3S. The van der Waals surface area contributed by atoms with Crippen LogP contribution >= 0.6 is 0 Å². The lowest BCUT2D eigenvalue weighted by Crippen LogP contribution is -2.08. The van der Waals surface area contributed by atoms with Gasteiger partial charge in [-0.25, -0.2) is 13.4 Å². The third-order valence-electron chi connectivity index (χ3n) is 6.09. The van der Waals surface area contributed by atoms with Gasteiger partial charge in [-0.3, -0.25) is 4.57 Å². The molecule has 11 heteroatoms. The van der Waals surface area contributed by atoms with Gasteiger partial charge < -0.3 is 4.52 Å². The van der Waals surface area contributed by atoms with Crippen molar-refractivity contribution in [2.75, 3.05) is 6.26 Å². The molecule has 39 heavy (non-hydrogen) atoms. The number of imidazole rings is 1. The number of sulfone groups is 1. The molecule has 0 aliphatic carbocycles. The smallest absolute Gasteiger partial charge is 0.339 e. The van der Waals surface area contributed by atoms with Gasteiger partial charge in [-0.2, -0.15) is 18.2 Å². The van der Waals surface area contributed by atoms with E-state index < -0.39 is 21.6 Å². The van der Waals surface area contributed by atoms with Gasteiger partial charge in [-0.15, -0.1) is 0 Å². The third-order valence-corrected chi connectivity index (χ3v) is 7.20. The SMILES string of the molecule is CC(C)c1nc(-c2cn(-c3ccc(-c4cccc(S(C)(=O)=O)c4)cc3)c(-c3ccccc3C(F)(F)F)n2)no1. The summed E-state index contributed by atoms with van der Waals surface area (Å²) >= 11 is 0. The lowest BCUT2D eigenvalue weighted by Gasteiger charge is -2.14. The predicted molar refractivity (Wildman–Crippen MR) is 140 cm³/mol. The zero-order valence-corrected chi connectivity index (χ0v) is 22.0. The maximum Gasteiger partial charge on any atom is 0.417 e. The van der Waals surface area contributed by atoms with Crippen LogP contribution in [-0.2, 0) is 16.0 Å². The van der Waals surface area contributed by atoms with Crippen molar-refractivity contribution >= 4 is 9.84 Å². The van der Waals surface area contributed by atoms with E-state index in [0.717, 1.165) is 17.9 Å². The molecule has 0 saturated carbocycles. The average Bonchev–Trinajstić information content (AvgIpc) is 3.56. The Morgan fingerprint density at radius 3 is 2.26 bits per heavy atom. The van der Waals surface area contributed by atoms with Crippen molar-refractivity contribution in [3.63, 3.8) is 0 Å². The highest BCUT2D eigenvalue weighted by Crippen LogP contribution is 2.38. The normalized spacial score (nSPS) is 12.3. The minimum atomic E-state index is -4.60. The number of nitrogens with zero attached hydrogens (tertiary/aromatic N) is 4. The number of halogens is 3. The van der Waals surface area contributed by atoms with Crippen molar-refractivity contribution in [2.24, 2.45) is 0 Å². The van der Waals surface area contributed by atoms with Gasteiger partial charge in [-0.05, 0) is 41.5 Å². The summed E-state index contributed by atoms with van der Waals surface area (Å²) in [5, 5.41) is 3.97. The number of aromatic nitrogens is 4. The van der Waals surface area contributed by atoms with E-state index in [0.29, 0.717) is 17.1 Å². The fraction of sp³-hybridized carbons (Fsp3) is 0.179. The van der Waals surface area contributed by atoms with Crippen LogP contribution in [0.3, 0.4) is 0 Å². The number of alkyl halides is 3. The summed E-state index contributed by atoms with van der Waals surface area (Å²) in [7, 11) is -3.39. The molecule has 0 bridgehead atoms. The van der Waals surface area contributed by atoms with E-state index in [1.807, 2.05) is 13.8 Å². The van der Waals surface area contributed by atoms with E-state index in [9.17, 15) is 21.6 Å². The van der Waals surface area contributed by atoms with Crippen LogP contribution in [0.25, 0.3) is 39.7 Å². The van der Waals surface area contributed by atoms with Gasteiger partial charge in [0, 0.05) is 29.6 Å². The van der Waals surface area contributed by atoms with Gasteiger partial charge in [0.1, 0.15) is 11.5 Å². The molecule has 5 aromatic rings. The molecule has 2 heterocycles. The Kier molecular flexibility index (Phi) is 6.63. The minimum Gasteiger partial charge on any atom is -0.339 e. The van der Waals surface area contributed by atoms with Gasteiger partial charge in [0.2, 0.25) is 11.7 Å². The van der Waals surface area contributed by atoms with Crippen molar-refractivity contribution < 1.29 is 26.1 Å². The highest BCUT2D eigenvalue weighted by Gasteiger charge is 2.35. The molecule has 2 aromatic heterocycles. The Morgan fingerprint density at radius 1 is 0.897 bits per heavy atom. The van der Waals surface area contributed by atoms with Crippen LogP contribution in [0.2, 0.25) is 0 Å². The van der Waals surface area contributed by atoms with Gasteiger partial charge in [0.05, 0.1) is 10.5 Å².